The molecule has 0 spiro atoms. The molecular weight excluding hydrogens is 302 g/mol. The van der Waals surface area contributed by atoms with Gasteiger partial charge in [0.15, 0.2) is 0 Å². The van der Waals surface area contributed by atoms with E-state index in [0.29, 0.717) is 23.4 Å². The average molecular weight is 315 g/mol. The van der Waals surface area contributed by atoms with Gasteiger partial charge in [-0.3, -0.25) is 9.59 Å². The molecule has 7 nitrogen and oxygen atoms in total. The smallest absolute Gasteiger partial charge is 0.245 e. The molecule has 0 aliphatic carbocycles. The summed E-state index contributed by atoms with van der Waals surface area (Å²) < 4.78 is 1.64. The molecule has 2 amide bonds. The maximum absolute atomic E-state index is 12.5. The third kappa shape index (κ3) is 2.35. The zero-order valence-electron chi connectivity index (χ0n) is 11.6. The number of fused-ring (bicyclic) bond motifs is 1. The Labute approximate surface area is 130 Å². The topological polar surface area (TPSA) is 105 Å². The molecule has 1 unspecified atom stereocenters. The van der Waals surface area contributed by atoms with Crippen molar-refractivity contribution in [2.45, 2.75) is 19.0 Å². The van der Waals surface area contributed by atoms with Gasteiger partial charge >= 0.3 is 0 Å². The molecule has 112 valence electrons. The first-order chi connectivity index (χ1) is 10.6. The Morgan fingerprint density at radius 2 is 2.36 bits per heavy atom. The van der Waals surface area contributed by atoms with E-state index in [4.69, 9.17) is 11.0 Å². The standard InChI is InChI=1S/C14H13N5O2S/c15-5-9-7-22-13-10(9)1-3-19(12(13)14(16)21)11(20)6-18-4-2-17-8-18/h2,4,7-8,12H,1,3,6H2,(H2,16,21). The molecule has 0 bridgehead atoms. The fourth-order valence-corrected chi connectivity index (χ4v) is 3.83. The van der Waals surface area contributed by atoms with Gasteiger partial charge in [-0.05, 0) is 12.0 Å². The first-order valence-electron chi connectivity index (χ1n) is 6.66. The van der Waals surface area contributed by atoms with Crippen molar-refractivity contribution in [1.29, 1.82) is 5.26 Å². The summed E-state index contributed by atoms with van der Waals surface area (Å²) in [5.41, 5.74) is 6.91. The van der Waals surface area contributed by atoms with Gasteiger partial charge in [0.05, 0.1) is 11.9 Å². The molecule has 0 saturated carbocycles. The molecule has 0 fully saturated rings. The summed E-state index contributed by atoms with van der Waals surface area (Å²) in [6.45, 7) is 0.481. The van der Waals surface area contributed by atoms with Crippen LogP contribution in [0, 0.1) is 11.3 Å². The second-order valence-electron chi connectivity index (χ2n) is 4.98. The second kappa shape index (κ2) is 5.61. The van der Waals surface area contributed by atoms with Crippen LogP contribution >= 0.6 is 11.3 Å². The van der Waals surface area contributed by atoms with Crippen molar-refractivity contribution in [3.8, 4) is 6.07 Å². The van der Waals surface area contributed by atoms with Gasteiger partial charge < -0.3 is 15.2 Å². The highest BCUT2D eigenvalue weighted by Crippen LogP contribution is 2.36. The number of rotatable bonds is 3. The van der Waals surface area contributed by atoms with Crippen molar-refractivity contribution in [2.75, 3.05) is 6.54 Å². The lowest BCUT2D eigenvalue weighted by Gasteiger charge is -2.33. The van der Waals surface area contributed by atoms with Crippen LogP contribution in [0.25, 0.3) is 0 Å². The number of hydrogen-bond donors (Lipinski definition) is 1. The maximum atomic E-state index is 12.5. The van der Waals surface area contributed by atoms with Gasteiger partial charge in [-0.1, -0.05) is 0 Å². The molecule has 1 aliphatic heterocycles. The van der Waals surface area contributed by atoms with E-state index in [1.165, 1.54) is 16.2 Å². The molecule has 0 aromatic carbocycles. The van der Waals surface area contributed by atoms with Gasteiger partial charge in [0.2, 0.25) is 11.8 Å². The average Bonchev–Trinajstić information content (AvgIpc) is 3.14. The molecule has 2 aromatic heterocycles. The van der Waals surface area contributed by atoms with E-state index < -0.39 is 11.9 Å². The quantitative estimate of drug-likeness (QED) is 0.886. The highest BCUT2D eigenvalue weighted by Gasteiger charge is 2.36. The number of carbonyl (C=O) groups excluding carboxylic acids is 2. The molecule has 1 aliphatic rings. The number of thiophene rings is 1. The van der Waals surface area contributed by atoms with Crippen molar-refractivity contribution >= 4 is 23.2 Å². The van der Waals surface area contributed by atoms with E-state index in [2.05, 4.69) is 11.1 Å². The van der Waals surface area contributed by atoms with Crippen LogP contribution in [0.4, 0.5) is 0 Å². The number of nitriles is 1. The number of amides is 2. The molecule has 3 rings (SSSR count). The number of carbonyl (C=O) groups is 2. The summed E-state index contributed by atoms with van der Waals surface area (Å²) in [4.78, 5) is 30.4. The van der Waals surface area contributed by atoms with Gasteiger partial charge in [-0.25, -0.2) is 4.98 Å². The normalized spacial score (nSPS) is 16.9. The van der Waals surface area contributed by atoms with Crippen LogP contribution in [-0.2, 0) is 22.6 Å². The van der Waals surface area contributed by atoms with Crippen molar-refractivity contribution in [1.82, 2.24) is 14.5 Å². The maximum Gasteiger partial charge on any atom is 0.245 e. The molecule has 22 heavy (non-hydrogen) atoms. The predicted molar refractivity (Wildman–Crippen MR) is 78.6 cm³/mol. The zero-order chi connectivity index (χ0) is 15.7. The Bertz CT molecular complexity index is 759. The van der Waals surface area contributed by atoms with Gasteiger partial charge in [0, 0.05) is 29.2 Å². The Balaban J connectivity index is 1.90. The molecule has 2 aromatic rings. The lowest BCUT2D eigenvalue weighted by Crippen LogP contribution is -2.46. The van der Waals surface area contributed by atoms with Crippen molar-refractivity contribution < 1.29 is 9.59 Å². The Morgan fingerprint density at radius 3 is 3.00 bits per heavy atom. The van der Waals surface area contributed by atoms with Gasteiger partial charge in [0.1, 0.15) is 18.7 Å². The predicted octanol–water partition coefficient (Wildman–Crippen LogP) is 0.428. The minimum Gasteiger partial charge on any atom is -0.368 e. The van der Waals surface area contributed by atoms with Crippen LogP contribution in [0.5, 0.6) is 0 Å². The van der Waals surface area contributed by atoms with Gasteiger partial charge in [0.25, 0.3) is 0 Å². The highest BCUT2D eigenvalue weighted by molar-refractivity contribution is 7.10. The van der Waals surface area contributed by atoms with Crippen LogP contribution < -0.4 is 5.73 Å². The molecule has 0 saturated heterocycles. The van der Waals surface area contributed by atoms with Gasteiger partial charge in [-0.15, -0.1) is 11.3 Å². The van der Waals surface area contributed by atoms with E-state index >= 15 is 0 Å². The van der Waals surface area contributed by atoms with Crippen molar-refractivity contribution in [3.63, 3.8) is 0 Å². The first-order valence-corrected chi connectivity index (χ1v) is 7.54. The lowest BCUT2D eigenvalue weighted by atomic mass is 9.97. The lowest BCUT2D eigenvalue weighted by molar-refractivity contribution is -0.140. The van der Waals surface area contributed by atoms with Crippen LogP contribution in [-0.4, -0.2) is 32.8 Å². The van der Waals surface area contributed by atoms with E-state index in [-0.39, 0.29) is 12.5 Å². The number of imidazole rings is 1. The van der Waals surface area contributed by atoms with Crippen LogP contribution in [0.1, 0.15) is 22.0 Å². The SMILES string of the molecule is N#Cc1csc2c1CCN(C(=O)Cn1ccnc1)C2C(N)=O. The Morgan fingerprint density at radius 1 is 1.55 bits per heavy atom. The summed E-state index contributed by atoms with van der Waals surface area (Å²) >= 11 is 1.31. The van der Waals surface area contributed by atoms with Gasteiger partial charge in [-0.2, -0.15) is 5.26 Å². The molecular formula is C14H13N5O2S. The van der Waals surface area contributed by atoms with Crippen LogP contribution in [0.15, 0.2) is 24.1 Å². The zero-order valence-corrected chi connectivity index (χ0v) is 12.4. The van der Waals surface area contributed by atoms with Crippen LogP contribution in [0.3, 0.4) is 0 Å². The van der Waals surface area contributed by atoms with E-state index in [9.17, 15) is 9.59 Å². The summed E-state index contributed by atoms with van der Waals surface area (Å²) in [7, 11) is 0. The second-order valence-corrected chi connectivity index (χ2v) is 5.89. The van der Waals surface area contributed by atoms with Crippen molar-refractivity contribution in [3.05, 3.63) is 40.1 Å². The Kier molecular flexibility index (Phi) is 3.65. The molecule has 8 heteroatoms. The largest absolute Gasteiger partial charge is 0.368 e. The first kappa shape index (κ1) is 14.3. The minimum absolute atomic E-state index is 0.107. The molecule has 3 heterocycles. The number of aromatic nitrogens is 2. The molecule has 1 atom stereocenters. The van der Waals surface area contributed by atoms with Crippen molar-refractivity contribution in [2.24, 2.45) is 5.73 Å². The number of nitrogens with two attached hydrogens (primary N) is 1. The monoisotopic (exact) mass is 315 g/mol. The number of hydrogen-bond acceptors (Lipinski definition) is 5. The van der Waals surface area contributed by atoms with E-state index in [1.54, 1.807) is 28.7 Å². The summed E-state index contributed by atoms with van der Waals surface area (Å²) in [5.74, 6) is -0.773. The fourth-order valence-electron chi connectivity index (χ4n) is 2.66. The summed E-state index contributed by atoms with van der Waals surface area (Å²) in [5, 5.41) is 10.8. The number of primary amides is 1. The minimum atomic E-state index is -0.799. The molecule has 0 radical (unpaired) electrons. The highest BCUT2D eigenvalue weighted by atomic mass is 32.1. The van der Waals surface area contributed by atoms with E-state index in [1.807, 2.05) is 0 Å². The fraction of sp³-hybridized carbons (Fsp3) is 0.286. The van der Waals surface area contributed by atoms with E-state index in [0.717, 1.165) is 5.56 Å². The molecule has 2 N–H and O–H groups in total. The van der Waals surface area contributed by atoms with Crippen LogP contribution in [0.2, 0.25) is 0 Å². The number of nitrogens with zero attached hydrogens (tertiary/aromatic N) is 4. The third-order valence-corrected chi connectivity index (χ3v) is 4.75. The summed E-state index contributed by atoms with van der Waals surface area (Å²) in [6, 6.07) is 1.32. The third-order valence-electron chi connectivity index (χ3n) is 3.68. The Hall–Kier alpha value is -2.66. The summed E-state index contributed by atoms with van der Waals surface area (Å²) in [6.07, 6.45) is 5.38.